The van der Waals surface area contributed by atoms with E-state index in [1.54, 1.807) is 0 Å². The van der Waals surface area contributed by atoms with Gasteiger partial charge in [0.1, 0.15) is 0 Å². The Kier molecular flexibility index (Phi) is 5.16. The zero-order valence-corrected chi connectivity index (χ0v) is 10.7. The number of hydrogen-bond donors (Lipinski definition) is 2. The van der Waals surface area contributed by atoms with E-state index < -0.39 is 0 Å². The molecule has 0 saturated carbocycles. The molecular weight excluding hydrogens is 212 g/mol. The van der Waals surface area contributed by atoms with Crippen molar-refractivity contribution in [3.8, 4) is 0 Å². The summed E-state index contributed by atoms with van der Waals surface area (Å²) in [6.45, 7) is 4.64. The summed E-state index contributed by atoms with van der Waals surface area (Å²) in [6.07, 6.45) is 2.16. The van der Waals surface area contributed by atoms with Crippen molar-refractivity contribution in [3.05, 3.63) is 35.9 Å². The Bertz CT molecular complexity index is 344. The van der Waals surface area contributed by atoms with Gasteiger partial charge in [0.25, 0.3) is 0 Å². The molecule has 0 atom stereocenters. The summed E-state index contributed by atoms with van der Waals surface area (Å²) in [5.74, 6) is 0.0351. The fraction of sp³-hybridized carbons (Fsp3) is 0.500. The monoisotopic (exact) mass is 234 g/mol. The first kappa shape index (κ1) is 13.7. The van der Waals surface area contributed by atoms with Crippen LogP contribution >= 0.6 is 0 Å². The van der Waals surface area contributed by atoms with E-state index in [2.05, 4.69) is 5.32 Å². The zero-order valence-electron chi connectivity index (χ0n) is 10.7. The Morgan fingerprint density at radius 2 is 1.82 bits per heavy atom. The van der Waals surface area contributed by atoms with Crippen LogP contribution in [0, 0.1) is 0 Å². The molecule has 3 nitrogen and oxygen atoms in total. The first-order valence-electron chi connectivity index (χ1n) is 6.19. The highest BCUT2D eigenvalue weighted by molar-refractivity contribution is 5.78. The lowest BCUT2D eigenvalue weighted by atomic mass is 9.94. The second kappa shape index (κ2) is 6.40. The van der Waals surface area contributed by atoms with E-state index in [0.717, 1.165) is 18.4 Å². The molecule has 0 radical (unpaired) electrons. The number of hydrogen-bond acceptors (Lipinski definition) is 2. The predicted octanol–water partition coefficient (Wildman–Crippen LogP) is 1.86. The molecule has 3 N–H and O–H groups in total. The largest absolute Gasteiger partial charge is 0.354 e. The quantitative estimate of drug-likeness (QED) is 0.789. The average molecular weight is 234 g/mol. The van der Waals surface area contributed by atoms with Gasteiger partial charge in [0.05, 0.1) is 6.42 Å². The van der Waals surface area contributed by atoms with Gasteiger partial charge in [-0.05, 0) is 18.4 Å². The summed E-state index contributed by atoms with van der Waals surface area (Å²) in [7, 11) is 0. The Morgan fingerprint density at radius 3 is 2.35 bits per heavy atom. The van der Waals surface area contributed by atoms with Crippen molar-refractivity contribution in [2.75, 3.05) is 6.54 Å². The van der Waals surface area contributed by atoms with Gasteiger partial charge in [-0.2, -0.15) is 0 Å². The lowest BCUT2D eigenvalue weighted by molar-refractivity contribution is -0.120. The van der Waals surface area contributed by atoms with Crippen molar-refractivity contribution in [1.82, 2.24) is 5.32 Å². The molecule has 3 heteroatoms. The highest BCUT2D eigenvalue weighted by Gasteiger charge is 2.20. The number of nitrogens with one attached hydrogen (secondary N) is 1. The normalized spacial score (nSPS) is 11.2. The van der Waals surface area contributed by atoms with Gasteiger partial charge in [-0.1, -0.05) is 44.2 Å². The van der Waals surface area contributed by atoms with Gasteiger partial charge in [-0.15, -0.1) is 0 Å². The van der Waals surface area contributed by atoms with Crippen molar-refractivity contribution < 1.29 is 4.79 Å². The minimum atomic E-state index is -0.271. The first-order chi connectivity index (χ1) is 8.09. The third-order valence-corrected chi connectivity index (χ3v) is 3.25. The molecule has 0 spiro atoms. The van der Waals surface area contributed by atoms with Gasteiger partial charge in [0.2, 0.25) is 5.91 Å². The van der Waals surface area contributed by atoms with Crippen LogP contribution in [0.5, 0.6) is 0 Å². The SMILES string of the molecule is CCC(N)(CC)CNC(=O)Cc1ccccc1. The molecule has 0 aromatic heterocycles. The smallest absolute Gasteiger partial charge is 0.224 e. The van der Waals surface area contributed by atoms with Crippen molar-refractivity contribution in [2.24, 2.45) is 5.73 Å². The summed E-state index contributed by atoms with van der Waals surface area (Å²) in [5, 5.41) is 2.91. The van der Waals surface area contributed by atoms with Gasteiger partial charge < -0.3 is 11.1 Å². The Morgan fingerprint density at radius 1 is 1.24 bits per heavy atom. The predicted molar refractivity (Wildman–Crippen MR) is 70.7 cm³/mol. The molecular formula is C14H22N2O. The minimum absolute atomic E-state index is 0.0351. The minimum Gasteiger partial charge on any atom is -0.354 e. The number of benzene rings is 1. The van der Waals surface area contributed by atoms with Crippen LogP contribution < -0.4 is 11.1 Å². The second-order valence-electron chi connectivity index (χ2n) is 4.51. The van der Waals surface area contributed by atoms with Gasteiger partial charge >= 0.3 is 0 Å². The van der Waals surface area contributed by atoms with Crippen LogP contribution in [0.2, 0.25) is 0 Å². The van der Waals surface area contributed by atoms with E-state index in [4.69, 9.17) is 5.73 Å². The second-order valence-corrected chi connectivity index (χ2v) is 4.51. The third kappa shape index (κ3) is 4.57. The molecule has 0 aliphatic rings. The van der Waals surface area contributed by atoms with Crippen molar-refractivity contribution >= 4 is 5.91 Å². The standard InChI is InChI=1S/C14H22N2O/c1-3-14(15,4-2)11-16-13(17)10-12-8-6-5-7-9-12/h5-9H,3-4,10-11,15H2,1-2H3,(H,16,17). The van der Waals surface area contributed by atoms with Gasteiger partial charge in [0.15, 0.2) is 0 Å². The molecule has 0 aliphatic carbocycles. The average Bonchev–Trinajstić information content (AvgIpc) is 2.37. The molecule has 94 valence electrons. The van der Waals surface area contributed by atoms with Crippen molar-refractivity contribution in [3.63, 3.8) is 0 Å². The maximum Gasteiger partial charge on any atom is 0.224 e. The maximum atomic E-state index is 11.7. The number of rotatable bonds is 6. The lowest BCUT2D eigenvalue weighted by Crippen LogP contribution is -2.49. The summed E-state index contributed by atoms with van der Waals surface area (Å²) in [5.41, 5.74) is 6.88. The summed E-state index contributed by atoms with van der Waals surface area (Å²) < 4.78 is 0. The molecule has 1 aromatic rings. The molecule has 0 aliphatic heterocycles. The Hall–Kier alpha value is -1.35. The number of carbonyl (C=O) groups excluding carboxylic acids is 1. The van der Waals surface area contributed by atoms with E-state index in [1.807, 2.05) is 44.2 Å². The van der Waals surface area contributed by atoms with Crippen LogP contribution in [0.25, 0.3) is 0 Å². The highest BCUT2D eigenvalue weighted by Crippen LogP contribution is 2.09. The van der Waals surface area contributed by atoms with Crippen LogP contribution in [0.4, 0.5) is 0 Å². The molecule has 0 unspecified atom stereocenters. The van der Waals surface area contributed by atoms with Crippen LogP contribution in [0.15, 0.2) is 30.3 Å². The fourth-order valence-corrected chi connectivity index (χ4v) is 1.62. The Balaban J connectivity index is 2.41. The zero-order chi connectivity index (χ0) is 12.7. The third-order valence-electron chi connectivity index (χ3n) is 3.25. The van der Waals surface area contributed by atoms with E-state index in [0.29, 0.717) is 13.0 Å². The van der Waals surface area contributed by atoms with Crippen molar-refractivity contribution in [1.29, 1.82) is 0 Å². The number of nitrogens with two attached hydrogens (primary N) is 1. The van der Waals surface area contributed by atoms with Crippen LogP contribution in [0.3, 0.4) is 0 Å². The first-order valence-corrected chi connectivity index (χ1v) is 6.19. The summed E-state index contributed by atoms with van der Waals surface area (Å²) >= 11 is 0. The molecule has 1 rings (SSSR count). The number of amides is 1. The summed E-state index contributed by atoms with van der Waals surface area (Å²) in [4.78, 5) is 11.7. The lowest BCUT2D eigenvalue weighted by Gasteiger charge is -2.26. The fourth-order valence-electron chi connectivity index (χ4n) is 1.62. The van der Waals surface area contributed by atoms with Gasteiger partial charge in [-0.3, -0.25) is 4.79 Å². The van der Waals surface area contributed by atoms with Crippen LogP contribution in [-0.4, -0.2) is 18.0 Å². The van der Waals surface area contributed by atoms with E-state index in [-0.39, 0.29) is 11.4 Å². The van der Waals surface area contributed by atoms with Crippen molar-refractivity contribution in [2.45, 2.75) is 38.6 Å². The molecule has 0 heterocycles. The molecule has 0 fully saturated rings. The molecule has 17 heavy (non-hydrogen) atoms. The molecule has 0 bridgehead atoms. The van der Waals surface area contributed by atoms with E-state index in [9.17, 15) is 4.79 Å². The Labute approximate surface area is 103 Å². The molecule has 1 amide bonds. The molecule has 1 aromatic carbocycles. The number of carbonyl (C=O) groups is 1. The van der Waals surface area contributed by atoms with Gasteiger partial charge in [-0.25, -0.2) is 0 Å². The molecule has 0 saturated heterocycles. The maximum absolute atomic E-state index is 11.7. The summed E-state index contributed by atoms with van der Waals surface area (Å²) in [6, 6.07) is 9.73. The van der Waals surface area contributed by atoms with Gasteiger partial charge in [0, 0.05) is 12.1 Å². The highest BCUT2D eigenvalue weighted by atomic mass is 16.1. The topological polar surface area (TPSA) is 55.1 Å². The van der Waals surface area contributed by atoms with E-state index in [1.165, 1.54) is 0 Å². The van der Waals surface area contributed by atoms with Crippen LogP contribution in [-0.2, 0) is 11.2 Å². The van der Waals surface area contributed by atoms with Crippen LogP contribution in [0.1, 0.15) is 32.3 Å². The van der Waals surface area contributed by atoms with E-state index >= 15 is 0 Å².